The maximum Gasteiger partial charge on any atom is 0.257 e. The molecule has 1 amide bonds. The number of para-hydroxylation sites is 1. The van der Waals surface area contributed by atoms with Crippen molar-refractivity contribution in [1.82, 2.24) is 0 Å². The van der Waals surface area contributed by atoms with Gasteiger partial charge in [0.05, 0.1) is 16.9 Å². The van der Waals surface area contributed by atoms with Gasteiger partial charge in [-0.15, -0.1) is 0 Å². The van der Waals surface area contributed by atoms with Crippen molar-refractivity contribution in [3.63, 3.8) is 0 Å². The fourth-order valence-electron chi connectivity index (χ4n) is 2.09. The number of rotatable bonds is 4. The third kappa shape index (κ3) is 3.55. The molecule has 0 bridgehead atoms. The molecule has 0 aliphatic heterocycles. The molecule has 0 saturated heterocycles. The molecule has 0 unspecified atom stereocenters. The molecule has 4 nitrogen and oxygen atoms in total. The number of amides is 1. The van der Waals surface area contributed by atoms with Crippen molar-refractivity contribution in [2.24, 2.45) is 0 Å². The minimum atomic E-state index is -0.138. The molecule has 0 saturated carbocycles. The second-order valence-electron chi connectivity index (χ2n) is 4.81. The quantitative estimate of drug-likeness (QED) is 0.883. The standard InChI is InChI=1S/C16H18BrN3O/c1-18-13-7-5-4-6-12(13)16(21)19-14-10-11(17)8-9-15(14)20(2)3/h4-10,18H,1-3H3,(H,19,21). The van der Waals surface area contributed by atoms with Crippen LogP contribution in [0.5, 0.6) is 0 Å². The Morgan fingerprint density at radius 1 is 1.10 bits per heavy atom. The molecule has 2 aromatic rings. The molecule has 21 heavy (non-hydrogen) atoms. The molecule has 5 heteroatoms. The van der Waals surface area contributed by atoms with Gasteiger partial charge in [-0.25, -0.2) is 0 Å². The summed E-state index contributed by atoms with van der Waals surface area (Å²) in [6.07, 6.45) is 0. The van der Waals surface area contributed by atoms with E-state index in [4.69, 9.17) is 0 Å². The van der Waals surface area contributed by atoms with E-state index in [0.29, 0.717) is 5.56 Å². The first-order valence-corrected chi connectivity index (χ1v) is 7.37. The number of carbonyl (C=O) groups excluding carboxylic acids is 1. The normalized spacial score (nSPS) is 10.1. The lowest BCUT2D eigenvalue weighted by Gasteiger charge is -2.19. The third-order valence-corrected chi connectivity index (χ3v) is 3.62. The highest BCUT2D eigenvalue weighted by Crippen LogP contribution is 2.29. The molecule has 0 radical (unpaired) electrons. The zero-order valence-electron chi connectivity index (χ0n) is 12.3. The number of hydrogen-bond acceptors (Lipinski definition) is 3. The smallest absolute Gasteiger partial charge is 0.257 e. The summed E-state index contributed by atoms with van der Waals surface area (Å²) < 4.78 is 0.922. The van der Waals surface area contributed by atoms with Crippen molar-refractivity contribution in [3.05, 3.63) is 52.5 Å². The Balaban J connectivity index is 2.33. The number of anilines is 3. The van der Waals surface area contributed by atoms with Gasteiger partial charge in [-0.3, -0.25) is 4.79 Å². The number of benzene rings is 2. The van der Waals surface area contributed by atoms with E-state index in [9.17, 15) is 4.79 Å². The average Bonchev–Trinajstić information content (AvgIpc) is 2.46. The van der Waals surface area contributed by atoms with Gasteiger partial charge in [0, 0.05) is 31.3 Å². The Labute approximate surface area is 133 Å². The first-order valence-electron chi connectivity index (χ1n) is 6.58. The zero-order chi connectivity index (χ0) is 15.4. The van der Waals surface area contributed by atoms with Crippen molar-refractivity contribution in [2.75, 3.05) is 36.7 Å². The lowest BCUT2D eigenvalue weighted by Crippen LogP contribution is -2.17. The molecule has 2 aromatic carbocycles. The lowest BCUT2D eigenvalue weighted by atomic mass is 10.1. The summed E-state index contributed by atoms with van der Waals surface area (Å²) in [6.45, 7) is 0. The molecule has 0 spiro atoms. The van der Waals surface area contributed by atoms with E-state index >= 15 is 0 Å². The van der Waals surface area contributed by atoms with Crippen LogP contribution in [0.4, 0.5) is 17.1 Å². The monoisotopic (exact) mass is 347 g/mol. The Kier molecular flexibility index (Phi) is 4.85. The minimum Gasteiger partial charge on any atom is -0.387 e. The summed E-state index contributed by atoms with van der Waals surface area (Å²) in [7, 11) is 5.69. The summed E-state index contributed by atoms with van der Waals surface area (Å²) in [6, 6.07) is 13.2. The summed E-state index contributed by atoms with van der Waals surface area (Å²) in [5.41, 5.74) is 3.14. The van der Waals surface area contributed by atoms with Crippen molar-refractivity contribution < 1.29 is 4.79 Å². The highest BCUT2D eigenvalue weighted by Gasteiger charge is 2.13. The van der Waals surface area contributed by atoms with Gasteiger partial charge in [-0.2, -0.15) is 0 Å². The number of halogens is 1. The van der Waals surface area contributed by atoms with E-state index in [-0.39, 0.29) is 5.91 Å². The highest BCUT2D eigenvalue weighted by atomic mass is 79.9. The van der Waals surface area contributed by atoms with Gasteiger partial charge >= 0.3 is 0 Å². The number of nitrogens with zero attached hydrogens (tertiary/aromatic N) is 1. The summed E-state index contributed by atoms with van der Waals surface area (Å²) in [5.74, 6) is -0.138. The van der Waals surface area contributed by atoms with E-state index in [2.05, 4.69) is 26.6 Å². The summed E-state index contributed by atoms with van der Waals surface area (Å²) in [4.78, 5) is 14.5. The number of hydrogen-bond donors (Lipinski definition) is 2. The summed E-state index contributed by atoms with van der Waals surface area (Å²) >= 11 is 3.44. The molecule has 2 rings (SSSR count). The maximum absolute atomic E-state index is 12.5. The molecular formula is C16H18BrN3O. The largest absolute Gasteiger partial charge is 0.387 e. The predicted molar refractivity (Wildman–Crippen MR) is 92.4 cm³/mol. The predicted octanol–water partition coefficient (Wildman–Crippen LogP) is 3.81. The Hall–Kier alpha value is -2.01. The van der Waals surface area contributed by atoms with Crippen LogP contribution in [0.2, 0.25) is 0 Å². The van der Waals surface area contributed by atoms with E-state index in [1.165, 1.54) is 0 Å². The van der Waals surface area contributed by atoms with Gasteiger partial charge in [0.2, 0.25) is 0 Å². The van der Waals surface area contributed by atoms with E-state index in [1.54, 1.807) is 13.1 Å². The second kappa shape index (κ2) is 6.63. The van der Waals surface area contributed by atoms with E-state index in [1.807, 2.05) is 55.4 Å². The van der Waals surface area contributed by atoms with Crippen LogP contribution in [0.15, 0.2) is 46.9 Å². The van der Waals surface area contributed by atoms with Gasteiger partial charge < -0.3 is 15.5 Å². The SMILES string of the molecule is CNc1ccccc1C(=O)Nc1cc(Br)ccc1N(C)C. The van der Waals surface area contributed by atoms with Crippen LogP contribution in [0.3, 0.4) is 0 Å². The molecule has 0 atom stereocenters. The van der Waals surface area contributed by atoms with E-state index in [0.717, 1.165) is 21.5 Å². The van der Waals surface area contributed by atoms with Crippen LogP contribution >= 0.6 is 15.9 Å². The molecule has 0 fully saturated rings. The van der Waals surface area contributed by atoms with Gasteiger partial charge in [0.1, 0.15) is 0 Å². The first kappa shape index (κ1) is 15.4. The first-order chi connectivity index (χ1) is 10.0. The maximum atomic E-state index is 12.5. The Bertz CT molecular complexity index is 656. The van der Waals surface area contributed by atoms with Gasteiger partial charge in [0.15, 0.2) is 0 Å². The van der Waals surface area contributed by atoms with Crippen molar-refractivity contribution in [3.8, 4) is 0 Å². The van der Waals surface area contributed by atoms with Crippen LogP contribution in [0.25, 0.3) is 0 Å². The molecular weight excluding hydrogens is 330 g/mol. The van der Waals surface area contributed by atoms with Crippen molar-refractivity contribution >= 4 is 38.9 Å². The van der Waals surface area contributed by atoms with Gasteiger partial charge in [0.25, 0.3) is 5.91 Å². The van der Waals surface area contributed by atoms with Crippen LogP contribution in [-0.4, -0.2) is 27.1 Å². The zero-order valence-corrected chi connectivity index (χ0v) is 13.9. The summed E-state index contributed by atoms with van der Waals surface area (Å²) in [5, 5.41) is 6.00. The number of carbonyl (C=O) groups is 1. The highest BCUT2D eigenvalue weighted by molar-refractivity contribution is 9.10. The Morgan fingerprint density at radius 3 is 2.48 bits per heavy atom. The van der Waals surface area contributed by atoms with Crippen LogP contribution in [0, 0.1) is 0 Å². The third-order valence-electron chi connectivity index (χ3n) is 3.13. The van der Waals surface area contributed by atoms with Gasteiger partial charge in [-0.1, -0.05) is 28.1 Å². The van der Waals surface area contributed by atoms with Crippen LogP contribution < -0.4 is 15.5 Å². The van der Waals surface area contributed by atoms with Crippen LogP contribution in [-0.2, 0) is 0 Å². The van der Waals surface area contributed by atoms with Crippen molar-refractivity contribution in [1.29, 1.82) is 0 Å². The van der Waals surface area contributed by atoms with Gasteiger partial charge in [-0.05, 0) is 30.3 Å². The number of nitrogens with one attached hydrogen (secondary N) is 2. The molecule has 0 heterocycles. The molecule has 0 aliphatic rings. The van der Waals surface area contributed by atoms with Crippen molar-refractivity contribution in [2.45, 2.75) is 0 Å². The molecule has 2 N–H and O–H groups in total. The average molecular weight is 348 g/mol. The lowest BCUT2D eigenvalue weighted by molar-refractivity contribution is 0.102. The van der Waals surface area contributed by atoms with Crippen LogP contribution in [0.1, 0.15) is 10.4 Å². The Morgan fingerprint density at radius 2 is 1.81 bits per heavy atom. The minimum absolute atomic E-state index is 0.138. The fourth-order valence-corrected chi connectivity index (χ4v) is 2.45. The topological polar surface area (TPSA) is 44.4 Å². The van der Waals surface area contributed by atoms with E-state index < -0.39 is 0 Å². The molecule has 110 valence electrons. The fraction of sp³-hybridized carbons (Fsp3) is 0.188. The molecule has 0 aromatic heterocycles. The second-order valence-corrected chi connectivity index (χ2v) is 5.72. The molecule has 0 aliphatic carbocycles.